The van der Waals surface area contributed by atoms with Gasteiger partial charge in [0, 0.05) is 26.4 Å². The molecular weight excluding hydrogens is 330 g/mol. The lowest BCUT2D eigenvalue weighted by atomic mass is 9.88. The van der Waals surface area contributed by atoms with Gasteiger partial charge in [-0.05, 0) is 24.8 Å². The SMILES string of the molecule is COCC1(C(=O)O)CCN(C(=O)c2nc(SC)n3ccccc23)C1. The monoisotopic (exact) mass is 349 g/mol. The molecule has 3 rings (SSSR count). The Labute approximate surface area is 143 Å². The molecule has 1 N–H and O–H groups in total. The molecule has 1 fully saturated rings. The lowest BCUT2D eigenvalue weighted by Crippen LogP contribution is -2.40. The number of amides is 1. The Morgan fingerprint density at radius 2 is 2.25 bits per heavy atom. The molecule has 0 radical (unpaired) electrons. The summed E-state index contributed by atoms with van der Waals surface area (Å²) in [5, 5.41) is 10.3. The van der Waals surface area contributed by atoms with Crippen LogP contribution in [0, 0.1) is 5.41 Å². The average Bonchev–Trinajstić information content (AvgIpc) is 3.17. The zero-order chi connectivity index (χ0) is 17.3. The van der Waals surface area contributed by atoms with Gasteiger partial charge >= 0.3 is 5.97 Å². The number of fused-ring (bicyclic) bond motifs is 1. The van der Waals surface area contributed by atoms with Crippen LogP contribution in [-0.2, 0) is 9.53 Å². The summed E-state index contributed by atoms with van der Waals surface area (Å²) in [7, 11) is 1.48. The van der Waals surface area contributed by atoms with Gasteiger partial charge in [-0.3, -0.25) is 14.0 Å². The van der Waals surface area contributed by atoms with Gasteiger partial charge in [0.2, 0.25) is 0 Å². The molecule has 128 valence electrons. The Hall–Kier alpha value is -2.06. The zero-order valence-corrected chi connectivity index (χ0v) is 14.4. The number of thioether (sulfide) groups is 1. The number of imidazole rings is 1. The lowest BCUT2D eigenvalue weighted by molar-refractivity contribution is -0.151. The maximum absolute atomic E-state index is 12.9. The number of carboxylic acid groups (broad SMARTS) is 1. The van der Waals surface area contributed by atoms with E-state index in [0.717, 1.165) is 10.7 Å². The van der Waals surface area contributed by atoms with Crippen molar-refractivity contribution in [3.63, 3.8) is 0 Å². The fourth-order valence-corrected chi connectivity index (χ4v) is 3.68. The summed E-state index contributed by atoms with van der Waals surface area (Å²) in [6, 6.07) is 5.58. The highest BCUT2D eigenvalue weighted by Gasteiger charge is 2.47. The lowest BCUT2D eigenvalue weighted by Gasteiger charge is -2.23. The number of rotatable bonds is 5. The minimum absolute atomic E-state index is 0.0894. The summed E-state index contributed by atoms with van der Waals surface area (Å²) >= 11 is 1.46. The molecule has 0 spiro atoms. The van der Waals surface area contributed by atoms with Gasteiger partial charge in [0.1, 0.15) is 5.41 Å². The van der Waals surface area contributed by atoms with Gasteiger partial charge in [-0.15, -0.1) is 0 Å². The maximum Gasteiger partial charge on any atom is 0.313 e. The smallest absolute Gasteiger partial charge is 0.313 e. The standard InChI is InChI=1S/C16H19N3O4S/c1-23-10-16(14(21)22)6-8-18(9-16)13(20)12-11-5-3-4-7-19(11)15(17-12)24-2/h3-5,7H,6,8-10H2,1-2H3,(H,21,22). The third kappa shape index (κ3) is 2.65. The number of carboxylic acids is 1. The van der Waals surface area contributed by atoms with E-state index in [-0.39, 0.29) is 19.1 Å². The van der Waals surface area contributed by atoms with E-state index in [1.807, 2.05) is 35.1 Å². The van der Waals surface area contributed by atoms with Gasteiger partial charge < -0.3 is 14.7 Å². The molecule has 1 atom stereocenters. The Balaban J connectivity index is 1.92. The predicted molar refractivity (Wildman–Crippen MR) is 89.4 cm³/mol. The van der Waals surface area contributed by atoms with Crippen LogP contribution in [0.1, 0.15) is 16.9 Å². The molecule has 0 aromatic carbocycles. The van der Waals surface area contributed by atoms with Crippen LogP contribution < -0.4 is 0 Å². The van der Waals surface area contributed by atoms with Crippen molar-refractivity contribution in [1.29, 1.82) is 0 Å². The third-order valence-electron chi connectivity index (χ3n) is 4.42. The summed E-state index contributed by atoms with van der Waals surface area (Å²) in [6.45, 7) is 0.608. The van der Waals surface area contributed by atoms with Crippen LogP contribution in [0.4, 0.5) is 0 Å². The molecule has 1 amide bonds. The normalized spacial score (nSPS) is 20.7. The highest BCUT2D eigenvalue weighted by atomic mass is 32.2. The van der Waals surface area contributed by atoms with Gasteiger partial charge in [-0.25, -0.2) is 4.98 Å². The quantitative estimate of drug-likeness (QED) is 0.826. The molecule has 7 nitrogen and oxygen atoms in total. The Bertz CT molecular complexity index is 791. The predicted octanol–water partition coefficient (Wildman–Crippen LogP) is 1.62. The number of methoxy groups -OCH3 is 1. The van der Waals surface area contributed by atoms with E-state index in [1.165, 1.54) is 18.9 Å². The highest BCUT2D eigenvalue weighted by molar-refractivity contribution is 7.98. The van der Waals surface area contributed by atoms with Gasteiger partial charge in [0.15, 0.2) is 10.9 Å². The molecule has 1 unspecified atom stereocenters. The van der Waals surface area contributed by atoms with Crippen LogP contribution in [0.2, 0.25) is 0 Å². The zero-order valence-electron chi connectivity index (χ0n) is 13.6. The second-order valence-electron chi connectivity index (χ2n) is 5.90. The van der Waals surface area contributed by atoms with Gasteiger partial charge in [0.05, 0.1) is 12.1 Å². The largest absolute Gasteiger partial charge is 0.481 e. The summed E-state index contributed by atoms with van der Waals surface area (Å²) in [6.07, 6.45) is 4.14. The molecule has 1 aliphatic heterocycles. The number of hydrogen-bond donors (Lipinski definition) is 1. The van der Waals surface area contributed by atoms with Gasteiger partial charge in [-0.2, -0.15) is 0 Å². The van der Waals surface area contributed by atoms with E-state index in [9.17, 15) is 14.7 Å². The summed E-state index contributed by atoms with van der Waals surface area (Å²) in [4.78, 5) is 30.6. The molecule has 0 bridgehead atoms. The molecule has 3 heterocycles. The summed E-state index contributed by atoms with van der Waals surface area (Å²) in [5.74, 6) is -1.17. The number of hydrogen-bond acceptors (Lipinski definition) is 5. The summed E-state index contributed by atoms with van der Waals surface area (Å²) < 4.78 is 6.94. The first kappa shape index (κ1) is 16.8. The van der Waals surface area contributed by atoms with Crippen molar-refractivity contribution in [3.8, 4) is 0 Å². The van der Waals surface area contributed by atoms with E-state index in [4.69, 9.17) is 4.74 Å². The van der Waals surface area contributed by atoms with E-state index >= 15 is 0 Å². The number of aromatic nitrogens is 2. The van der Waals surface area contributed by atoms with Crippen LogP contribution in [0.15, 0.2) is 29.6 Å². The summed E-state index contributed by atoms with van der Waals surface area (Å²) in [5.41, 5.74) is 0.0485. The van der Waals surface area contributed by atoms with Crippen molar-refractivity contribution < 1.29 is 19.4 Å². The van der Waals surface area contributed by atoms with Crippen molar-refractivity contribution in [1.82, 2.24) is 14.3 Å². The van der Waals surface area contributed by atoms with Crippen molar-refractivity contribution in [2.75, 3.05) is 33.1 Å². The molecular formula is C16H19N3O4S. The minimum atomic E-state index is -1.04. The van der Waals surface area contributed by atoms with Crippen LogP contribution >= 0.6 is 11.8 Å². The number of pyridine rings is 1. The topological polar surface area (TPSA) is 84.1 Å². The number of nitrogens with zero attached hydrogens (tertiary/aromatic N) is 3. The van der Waals surface area contributed by atoms with Crippen LogP contribution in [0.5, 0.6) is 0 Å². The minimum Gasteiger partial charge on any atom is -0.481 e. The first-order valence-electron chi connectivity index (χ1n) is 7.55. The van der Waals surface area contributed by atoms with Crippen LogP contribution in [0.3, 0.4) is 0 Å². The molecule has 8 heteroatoms. The molecule has 0 saturated carbocycles. The number of aliphatic carboxylic acids is 1. The Morgan fingerprint density at radius 1 is 1.46 bits per heavy atom. The Morgan fingerprint density at radius 3 is 2.92 bits per heavy atom. The fraction of sp³-hybridized carbons (Fsp3) is 0.438. The molecule has 0 aliphatic carbocycles. The van der Waals surface area contributed by atoms with E-state index in [0.29, 0.717) is 18.7 Å². The molecule has 1 aliphatic rings. The van der Waals surface area contributed by atoms with Crippen molar-refractivity contribution in [2.45, 2.75) is 11.6 Å². The molecule has 1 saturated heterocycles. The van der Waals surface area contributed by atoms with E-state index in [2.05, 4.69) is 4.98 Å². The number of ether oxygens (including phenoxy) is 1. The van der Waals surface area contributed by atoms with E-state index in [1.54, 1.807) is 4.90 Å². The maximum atomic E-state index is 12.9. The fourth-order valence-electron chi connectivity index (χ4n) is 3.14. The second-order valence-corrected chi connectivity index (χ2v) is 6.67. The second kappa shape index (κ2) is 6.45. The van der Waals surface area contributed by atoms with Crippen molar-refractivity contribution in [2.24, 2.45) is 5.41 Å². The van der Waals surface area contributed by atoms with Crippen LogP contribution in [-0.4, -0.2) is 64.3 Å². The molecule has 2 aromatic rings. The first-order valence-corrected chi connectivity index (χ1v) is 8.77. The Kier molecular flexibility index (Phi) is 4.51. The van der Waals surface area contributed by atoms with Gasteiger partial charge in [-0.1, -0.05) is 17.8 Å². The van der Waals surface area contributed by atoms with E-state index < -0.39 is 11.4 Å². The highest BCUT2D eigenvalue weighted by Crippen LogP contribution is 2.33. The van der Waals surface area contributed by atoms with Crippen LogP contribution in [0.25, 0.3) is 5.52 Å². The molecule has 24 heavy (non-hydrogen) atoms. The van der Waals surface area contributed by atoms with Gasteiger partial charge in [0.25, 0.3) is 5.91 Å². The number of likely N-dealkylation sites (tertiary alicyclic amines) is 1. The van der Waals surface area contributed by atoms with Crippen molar-refractivity contribution >= 4 is 29.2 Å². The average molecular weight is 349 g/mol. The number of carbonyl (C=O) groups is 2. The third-order valence-corrected chi connectivity index (χ3v) is 5.07. The number of carbonyl (C=O) groups excluding carboxylic acids is 1. The van der Waals surface area contributed by atoms with Crippen molar-refractivity contribution in [3.05, 3.63) is 30.1 Å². The molecule has 2 aromatic heterocycles. The first-order chi connectivity index (χ1) is 11.5.